The maximum Gasteiger partial charge on any atom is 0.0606 e. The smallest absolute Gasteiger partial charge is 0.0606 e. The Balaban J connectivity index is 2.39. The van der Waals surface area contributed by atoms with Crippen LogP contribution in [0, 0.1) is 11.8 Å². The van der Waals surface area contributed by atoms with E-state index in [1.807, 2.05) is 6.07 Å². The maximum atomic E-state index is 9.81. The molecule has 0 radical (unpaired) electrons. The predicted octanol–water partition coefficient (Wildman–Crippen LogP) is 2.33. The Morgan fingerprint density at radius 2 is 2.05 bits per heavy atom. The molecule has 3 atom stereocenters. The van der Waals surface area contributed by atoms with Gasteiger partial charge in [0.25, 0.3) is 0 Å². The summed E-state index contributed by atoms with van der Waals surface area (Å²) in [7, 11) is 0. The molecule has 3 nitrogen and oxygen atoms in total. The molecule has 0 unspecified atom stereocenters. The third-order valence-electron chi connectivity index (χ3n) is 4.82. The second-order valence-electron chi connectivity index (χ2n) is 6.24. The summed E-state index contributed by atoms with van der Waals surface area (Å²) in [5.41, 5.74) is 7.19. The number of rotatable bonds is 5. The SMILES string of the molecule is CC(C)[C@H]1C[C@](c2ccccc2)([C@H](CN)CO)CCO1. The van der Waals surface area contributed by atoms with Crippen LogP contribution in [0.5, 0.6) is 0 Å². The van der Waals surface area contributed by atoms with Crippen LogP contribution in [0.15, 0.2) is 30.3 Å². The number of nitrogens with two attached hydrogens (primary N) is 1. The fourth-order valence-corrected chi connectivity index (χ4v) is 3.45. The lowest BCUT2D eigenvalue weighted by Gasteiger charge is -2.47. The fraction of sp³-hybridized carbons (Fsp3) is 0.647. The van der Waals surface area contributed by atoms with Gasteiger partial charge in [0.2, 0.25) is 0 Å². The van der Waals surface area contributed by atoms with Gasteiger partial charge in [0.05, 0.1) is 6.10 Å². The first-order valence-electron chi connectivity index (χ1n) is 7.62. The molecule has 0 bridgehead atoms. The molecule has 1 heterocycles. The summed E-state index contributed by atoms with van der Waals surface area (Å²) in [5.74, 6) is 0.575. The van der Waals surface area contributed by atoms with Crippen molar-refractivity contribution in [3.63, 3.8) is 0 Å². The number of aliphatic hydroxyl groups excluding tert-OH is 1. The van der Waals surface area contributed by atoms with Gasteiger partial charge in [0.15, 0.2) is 0 Å². The summed E-state index contributed by atoms with van der Waals surface area (Å²) < 4.78 is 5.93. The minimum Gasteiger partial charge on any atom is -0.396 e. The Kier molecular flexibility index (Phi) is 5.19. The average molecular weight is 277 g/mol. The predicted molar refractivity (Wildman–Crippen MR) is 81.6 cm³/mol. The Hall–Kier alpha value is -0.900. The van der Waals surface area contributed by atoms with Crippen LogP contribution < -0.4 is 5.73 Å². The van der Waals surface area contributed by atoms with Crippen LogP contribution in [-0.4, -0.2) is 31.0 Å². The van der Waals surface area contributed by atoms with Crippen molar-refractivity contribution in [1.29, 1.82) is 0 Å². The van der Waals surface area contributed by atoms with Gasteiger partial charge in [-0.05, 0) is 30.9 Å². The van der Waals surface area contributed by atoms with Crippen LogP contribution in [0.1, 0.15) is 32.3 Å². The van der Waals surface area contributed by atoms with E-state index in [0.717, 1.165) is 19.4 Å². The molecule has 1 aromatic carbocycles. The highest BCUT2D eigenvalue weighted by molar-refractivity contribution is 5.28. The molecule has 0 spiro atoms. The molecule has 0 amide bonds. The summed E-state index contributed by atoms with van der Waals surface area (Å²) in [6.45, 7) is 5.78. The molecule has 112 valence electrons. The molecule has 1 saturated heterocycles. The standard InChI is InChI=1S/C17H27NO2/c1-13(2)16-10-17(8-9-20-16,15(11-18)12-19)14-6-4-3-5-7-14/h3-7,13,15-16,19H,8-12,18H2,1-2H3/t15-,16-,17-/m1/s1. The zero-order valence-electron chi connectivity index (χ0n) is 12.6. The van der Waals surface area contributed by atoms with Gasteiger partial charge in [-0.3, -0.25) is 0 Å². The van der Waals surface area contributed by atoms with E-state index < -0.39 is 0 Å². The number of benzene rings is 1. The van der Waals surface area contributed by atoms with Crippen molar-refractivity contribution in [1.82, 2.24) is 0 Å². The average Bonchev–Trinajstić information content (AvgIpc) is 2.49. The van der Waals surface area contributed by atoms with Crippen molar-refractivity contribution in [2.24, 2.45) is 17.6 Å². The Morgan fingerprint density at radius 3 is 2.60 bits per heavy atom. The molecule has 2 rings (SSSR count). The minimum absolute atomic E-state index is 0.0576. The molecule has 0 saturated carbocycles. The van der Waals surface area contributed by atoms with Crippen LogP contribution >= 0.6 is 0 Å². The molecule has 1 aliphatic rings. The zero-order chi connectivity index (χ0) is 14.6. The number of hydrogen-bond acceptors (Lipinski definition) is 3. The highest BCUT2D eigenvalue weighted by Crippen LogP contribution is 2.44. The highest BCUT2D eigenvalue weighted by Gasteiger charge is 2.44. The Labute approximate surface area is 122 Å². The Bertz CT molecular complexity index is 403. The first-order valence-corrected chi connectivity index (χ1v) is 7.62. The summed E-state index contributed by atoms with van der Waals surface area (Å²) in [5, 5.41) is 9.81. The first-order chi connectivity index (χ1) is 9.64. The second kappa shape index (κ2) is 6.70. The summed E-state index contributed by atoms with van der Waals surface area (Å²) in [4.78, 5) is 0. The quantitative estimate of drug-likeness (QED) is 0.868. The van der Waals surface area contributed by atoms with Crippen molar-refractivity contribution in [3.8, 4) is 0 Å². The van der Waals surface area contributed by atoms with E-state index >= 15 is 0 Å². The van der Waals surface area contributed by atoms with Crippen LogP contribution in [0.2, 0.25) is 0 Å². The number of hydrogen-bond donors (Lipinski definition) is 2. The van der Waals surface area contributed by atoms with Gasteiger partial charge in [-0.2, -0.15) is 0 Å². The molecular formula is C17H27NO2. The molecule has 0 aliphatic carbocycles. The lowest BCUT2D eigenvalue weighted by molar-refractivity contribution is -0.0643. The van der Waals surface area contributed by atoms with E-state index in [-0.39, 0.29) is 24.0 Å². The normalized spacial score (nSPS) is 28.6. The zero-order valence-corrected chi connectivity index (χ0v) is 12.6. The topological polar surface area (TPSA) is 55.5 Å². The van der Waals surface area contributed by atoms with Crippen molar-refractivity contribution in [2.75, 3.05) is 19.8 Å². The lowest BCUT2D eigenvalue weighted by atomic mass is 9.63. The molecule has 1 aromatic rings. The largest absolute Gasteiger partial charge is 0.396 e. The van der Waals surface area contributed by atoms with E-state index in [4.69, 9.17) is 10.5 Å². The van der Waals surface area contributed by atoms with E-state index in [1.165, 1.54) is 5.56 Å². The van der Waals surface area contributed by atoms with Gasteiger partial charge in [-0.1, -0.05) is 44.2 Å². The summed E-state index contributed by atoms with van der Waals surface area (Å²) in [6.07, 6.45) is 2.12. The van der Waals surface area contributed by atoms with Crippen molar-refractivity contribution < 1.29 is 9.84 Å². The molecular weight excluding hydrogens is 250 g/mol. The lowest BCUT2D eigenvalue weighted by Crippen LogP contribution is -2.49. The van der Waals surface area contributed by atoms with Crippen LogP contribution in [0.25, 0.3) is 0 Å². The highest BCUT2D eigenvalue weighted by atomic mass is 16.5. The monoisotopic (exact) mass is 277 g/mol. The summed E-state index contributed by atoms with van der Waals surface area (Å²) >= 11 is 0. The van der Waals surface area contributed by atoms with E-state index in [9.17, 15) is 5.11 Å². The fourth-order valence-electron chi connectivity index (χ4n) is 3.45. The number of aliphatic hydroxyl groups is 1. The van der Waals surface area contributed by atoms with Crippen LogP contribution in [0.4, 0.5) is 0 Å². The van der Waals surface area contributed by atoms with E-state index in [2.05, 4.69) is 38.1 Å². The minimum atomic E-state index is -0.0576. The maximum absolute atomic E-state index is 9.81. The first kappa shape index (κ1) is 15.5. The van der Waals surface area contributed by atoms with E-state index in [1.54, 1.807) is 0 Å². The van der Waals surface area contributed by atoms with Crippen molar-refractivity contribution in [3.05, 3.63) is 35.9 Å². The second-order valence-corrected chi connectivity index (χ2v) is 6.24. The molecule has 3 heteroatoms. The van der Waals surface area contributed by atoms with Crippen molar-refractivity contribution >= 4 is 0 Å². The van der Waals surface area contributed by atoms with E-state index in [0.29, 0.717) is 12.5 Å². The van der Waals surface area contributed by atoms with Gasteiger partial charge < -0.3 is 15.6 Å². The Morgan fingerprint density at radius 1 is 1.35 bits per heavy atom. The number of ether oxygens (including phenoxy) is 1. The van der Waals surface area contributed by atoms with Crippen molar-refractivity contribution in [2.45, 2.75) is 38.2 Å². The molecule has 1 aliphatic heterocycles. The van der Waals surface area contributed by atoms with Crippen LogP contribution in [0.3, 0.4) is 0 Å². The molecule has 20 heavy (non-hydrogen) atoms. The van der Waals surface area contributed by atoms with Gasteiger partial charge in [0, 0.05) is 24.5 Å². The van der Waals surface area contributed by atoms with Gasteiger partial charge in [-0.25, -0.2) is 0 Å². The molecule has 0 aromatic heterocycles. The summed E-state index contributed by atoms with van der Waals surface area (Å²) in [6, 6.07) is 10.5. The molecule has 3 N–H and O–H groups in total. The molecule has 1 fully saturated rings. The third-order valence-corrected chi connectivity index (χ3v) is 4.82. The van der Waals surface area contributed by atoms with Gasteiger partial charge in [0.1, 0.15) is 0 Å². The third kappa shape index (κ3) is 2.90. The van der Waals surface area contributed by atoms with Crippen LogP contribution in [-0.2, 0) is 10.2 Å². The van der Waals surface area contributed by atoms with Gasteiger partial charge >= 0.3 is 0 Å². The van der Waals surface area contributed by atoms with Gasteiger partial charge in [-0.15, -0.1) is 0 Å².